The van der Waals surface area contributed by atoms with E-state index in [2.05, 4.69) is 4.98 Å². The normalized spacial score (nSPS) is 10.4. The molecule has 0 aliphatic heterocycles. The van der Waals surface area contributed by atoms with E-state index in [-0.39, 0.29) is 37.0 Å². The minimum absolute atomic E-state index is 0.0240. The van der Waals surface area contributed by atoms with Gasteiger partial charge < -0.3 is 19.3 Å². The zero-order valence-electron chi connectivity index (χ0n) is 18.8. The molecule has 4 rings (SSSR count). The number of esters is 1. The third-order valence-electron chi connectivity index (χ3n) is 5.03. The molecule has 1 aromatic heterocycles. The van der Waals surface area contributed by atoms with Crippen LogP contribution in [0.3, 0.4) is 0 Å². The topological polar surface area (TPSA) is 95.0 Å². The van der Waals surface area contributed by atoms with Gasteiger partial charge in [-0.2, -0.15) is 0 Å². The van der Waals surface area contributed by atoms with Crippen molar-refractivity contribution in [3.8, 4) is 11.5 Å². The number of nitrogens with zero attached hydrogens (tertiary/aromatic N) is 1. The number of rotatable bonds is 10. The largest absolute Gasteiger partial charge is 0.485 e. The number of hydrogen-bond acceptors (Lipinski definition) is 6. The molecule has 4 aromatic rings. The van der Waals surface area contributed by atoms with Gasteiger partial charge in [-0.25, -0.2) is 14.6 Å². The molecule has 0 bridgehead atoms. The third kappa shape index (κ3) is 6.45. The molecule has 0 saturated carbocycles. The number of carboxylic acids is 1. The van der Waals surface area contributed by atoms with Gasteiger partial charge in [-0.1, -0.05) is 91.0 Å². The van der Waals surface area contributed by atoms with E-state index < -0.39 is 17.6 Å². The summed E-state index contributed by atoms with van der Waals surface area (Å²) in [6.45, 7) is 0.267. The molecule has 7 nitrogen and oxygen atoms in total. The SMILES string of the molecule is O=C(OCc1ccccc1)c1cc(OCc2ccccc2)c(OCc2ccccc2)c(C(=O)O)n1. The molecule has 3 aromatic carbocycles. The predicted molar refractivity (Wildman–Crippen MR) is 128 cm³/mol. The summed E-state index contributed by atoms with van der Waals surface area (Å²) in [7, 11) is 0. The van der Waals surface area contributed by atoms with E-state index >= 15 is 0 Å². The third-order valence-corrected chi connectivity index (χ3v) is 5.03. The smallest absolute Gasteiger partial charge is 0.358 e. The lowest BCUT2D eigenvalue weighted by molar-refractivity contribution is 0.0464. The van der Waals surface area contributed by atoms with E-state index in [1.807, 2.05) is 91.0 Å². The van der Waals surface area contributed by atoms with Crippen molar-refractivity contribution in [1.82, 2.24) is 4.98 Å². The molecular weight excluding hydrogens is 446 g/mol. The Kier molecular flexibility index (Phi) is 7.70. The summed E-state index contributed by atoms with van der Waals surface area (Å²) in [5.41, 5.74) is 1.88. The molecule has 1 heterocycles. The van der Waals surface area contributed by atoms with Gasteiger partial charge in [0.25, 0.3) is 0 Å². The van der Waals surface area contributed by atoms with Crippen molar-refractivity contribution >= 4 is 11.9 Å². The predicted octanol–water partition coefficient (Wildman–Crippen LogP) is 5.29. The highest BCUT2D eigenvalue weighted by molar-refractivity contribution is 5.94. The van der Waals surface area contributed by atoms with Gasteiger partial charge in [0, 0.05) is 6.07 Å². The average molecular weight is 469 g/mol. The second kappa shape index (κ2) is 11.5. The summed E-state index contributed by atoms with van der Waals surface area (Å²) in [6, 6.07) is 29.2. The van der Waals surface area contributed by atoms with Crippen LogP contribution in [0.1, 0.15) is 37.7 Å². The van der Waals surface area contributed by atoms with Gasteiger partial charge in [-0.3, -0.25) is 0 Å². The molecule has 35 heavy (non-hydrogen) atoms. The highest BCUT2D eigenvalue weighted by Gasteiger charge is 2.24. The summed E-state index contributed by atoms with van der Waals surface area (Å²) >= 11 is 0. The number of hydrogen-bond donors (Lipinski definition) is 1. The van der Waals surface area contributed by atoms with Crippen molar-refractivity contribution in [2.75, 3.05) is 0 Å². The van der Waals surface area contributed by atoms with Gasteiger partial charge in [0.05, 0.1) is 0 Å². The fourth-order valence-corrected chi connectivity index (χ4v) is 3.27. The standard InChI is InChI=1S/C28H23NO6/c30-27(31)25-26(34-18-21-12-6-2-7-13-21)24(33-17-20-10-4-1-5-11-20)16-23(29-25)28(32)35-19-22-14-8-3-9-15-22/h1-16H,17-19H2,(H,30,31). The fourth-order valence-electron chi connectivity index (χ4n) is 3.27. The molecule has 0 aliphatic rings. The molecule has 0 unspecified atom stereocenters. The Morgan fingerprint density at radius 1 is 0.686 bits per heavy atom. The first-order chi connectivity index (χ1) is 17.1. The monoisotopic (exact) mass is 469 g/mol. The molecule has 0 aliphatic carbocycles. The van der Waals surface area contributed by atoms with Crippen molar-refractivity contribution in [2.45, 2.75) is 19.8 Å². The van der Waals surface area contributed by atoms with E-state index in [1.54, 1.807) is 0 Å². The second-order valence-electron chi connectivity index (χ2n) is 7.60. The van der Waals surface area contributed by atoms with E-state index in [1.165, 1.54) is 6.07 Å². The van der Waals surface area contributed by atoms with E-state index in [4.69, 9.17) is 14.2 Å². The van der Waals surface area contributed by atoms with Gasteiger partial charge in [0.1, 0.15) is 19.8 Å². The van der Waals surface area contributed by atoms with Crippen LogP contribution in [-0.2, 0) is 24.6 Å². The molecular formula is C28H23NO6. The average Bonchev–Trinajstić information content (AvgIpc) is 2.91. The fraction of sp³-hybridized carbons (Fsp3) is 0.107. The summed E-state index contributed by atoms with van der Waals surface area (Å²) in [6.07, 6.45) is 0. The maximum absolute atomic E-state index is 12.7. The van der Waals surface area contributed by atoms with Crippen molar-refractivity contribution < 1.29 is 28.9 Å². The van der Waals surface area contributed by atoms with E-state index in [0.29, 0.717) is 0 Å². The Hall–Kier alpha value is -4.65. The molecule has 176 valence electrons. The maximum Gasteiger partial charge on any atom is 0.358 e. The molecule has 0 amide bonds. The minimum atomic E-state index is -1.35. The first-order valence-electron chi connectivity index (χ1n) is 10.9. The van der Waals surface area contributed by atoms with Crippen molar-refractivity contribution in [3.05, 3.63) is 125 Å². The van der Waals surface area contributed by atoms with Crippen LogP contribution in [-0.4, -0.2) is 22.0 Å². The zero-order chi connectivity index (χ0) is 24.5. The summed E-state index contributed by atoms with van der Waals surface area (Å²) < 4.78 is 17.1. The number of ether oxygens (including phenoxy) is 3. The summed E-state index contributed by atoms with van der Waals surface area (Å²) in [4.78, 5) is 28.8. The quantitative estimate of drug-likeness (QED) is 0.315. The van der Waals surface area contributed by atoms with Gasteiger partial charge in [0.2, 0.25) is 0 Å². The molecule has 0 spiro atoms. The Morgan fingerprint density at radius 3 is 1.69 bits per heavy atom. The number of pyridine rings is 1. The van der Waals surface area contributed by atoms with Gasteiger partial charge >= 0.3 is 11.9 Å². The molecule has 0 saturated heterocycles. The zero-order valence-corrected chi connectivity index (χ0v) is 18.8. The second-order valence-corrected chi connectivity index (χ2v) is 7.60. The summed E-state index contributed by atoms with van der Waals surface area (Å²) in [5, 5.41) is 9.84. The molecule has 0 fully saturated rings. The van der Waals surface area contributed by atoms with Gasteiger partial charge in [-0.15, -0.1) is 0 Å². The summed E-state index contributed by atoms with van der Waals surface area (Å²) in [5.74, 6) is -2.09. The Morgan fingerprint density at radius 2 is 1.17 bits per heavy atom. The van der Waals surface area contributed by atoms with Crippen LogP contribution in [0.4, 0.5) is 0 Å². The van der Waals surface area contributed by atoms with Crippen molar-refractivity contribution in [3.63, 3.8) is 0 Å². The van der Waals surface area contributed by atoms with E-state index in [9.17, 15) is 14.7 Å². The Labute approximate surface area is 202 Å². The first kappa shape index (κ1) is 23.5. The number of aromatic nitrogens is 1. The van der Waals surface area contributed by atoms with Crippen LogP contribution < -0.4 is 9.47 Å². The van der Waals surface area contributed by atoms with Crippen LogP contribution in [0.2, 0.25) is 0 Å². The van der Waals surface area contributed by atoms with Crippen molar-refractivity contribution in [2.24, 2.45) is 0 Å². The first-order valence-corrected chi connectivity index (χ1v) is 10.9. The maximum atomic E-state index is 12.7. The van der Waals surface area contributed by atoms with Crippen LogP contribution in [0.5, 0.6) is 11.5 Å². The highest BCUT2D eigenvalue weighted by Crippen LogP contribution is 2.33. The van der Waals surface area contributed by atoms with Crippen LogP contribution >= 0.6 is 0 Å². The van der Waals surface area contributed by atoms with Crippen LogP contribution in [0.15, 0.2) is 97.1 Å². The molecule has 0 atom stereocenters. The van der Waals surface area contributed by atoms with Gasteiger partial charge in [0.15, 0.2) is 22.9 Å². The minimum Gasteiger partial charge on any atom is -0.485 e. The highest BCUT2D eigenvalue weighted by atomic mass is 16.5. The van der Waals surface area contributed by atoms with Crippen molar-refractivity contribution in [1.29, 1.82) is 0 Å². The number of carboxylic acid groups (broad SMARTS) is 1. The number of carbonyl (C=O) groups is 2. The lowest BCUT2D eigenvalue weighted by Crippen LogP contribution is -2.14. The molecule has 7 heteroatoms. The number of carbonyl (C=O) groups excluding carboxylic acids is 1. The van der Waals surface area contributed by atoms with Crippen LogP contribution in [0.25, 0.3) is 0 Å². The van der Waals surface area contributed by atoms with Gasteiger partial charge in [-0.05, 0) is 16.7 Å². The molecule has 0 radical (unpaired) electrons. The Bertz CT molecular complexity index is 1280. The lowest BCUT2D eigenvalue weighted by Gasteiger charge is -2.16. The van der Waals surface area contributed by atoms with Crippen LogP contribution in [0, 0.1) is 0 Å². The van der Waals surface area contributed by atoms with E-state index in [0.717, 1.165) is 16.7 Å². The Balaban J connectivity index is 1.63. The number of aromatic carboxylic acids is 1. The number of benzene rings is 3. The molecule has 1 N–H and O–H groups in total. The lowest BCUT2D eigenvalue weighted by atomic mass is 10.2.